The van der Waals surface area contributed by atoms with Gasteiger partial charge in [0.2, 0.25) is 0 Å². The molecule has 0 N–H and O–H groups in total. The molecule has 4 saturated carbocycles. The Hall–Kier alpha value is -1.71. The molecule has 0 unspecified atom stereocenters. The van der Waals surface area contributed by atoms with Gasteiger partial charge in [0.25, 0.3) is 0 Å². The topological polar surface area (TPSA) is 69.7 Å². The monoisotopic (exact) mass is 818 g/mol. The van der Waals surface area contributed by atoms with E-state index in [0.29, 0.717) is 26.4 Å². The van der Waals surface area contributed by atoms with Gasteiger partial charge in [-0.3, -0.25) is 0 Å². The predicted octanol–water partition coefficient (Wildman–Crippen LogP) is 11.0. The van der Waals surface area contributed by atoms with Crippen molar-refractivity contribution >= 4 is 46.5 Å². The van der Waals surface area contributed by atoms with Gasteiger partial charge < -0.3 is 0 Å². The van der Waals surface area contributed by atoms with Crippen molar-refractivity contribution < 1.29 is 39.9 Å². The first kappa shape index (κ1) is 36.6. The quantitative estimate of drug-likeness (QED) is 0.143. The van der Waals surface area contributed by atoms with E-state index in [1.165, 1.54) is 0 Å². The molecule has 5 nitrogen and oxygen atoms in total. The zero-order valence-electron chi connectivity index (χ0n) is 27.5. The van der Waals surface area contributed by atoms with Gasteiger partial charge >= 0.3 is 284 Å². The summed E-state index contributed by atoms with van der Waals surface area (Å²) in [5, 5.41) is -0.570. The van der Waals surface area contributed by atoms with Crippen LogP contribution in [0.1, 0.15) is 91.2 Å². The van der Waals surface area contributed by atoms with Crippen LogP contribution in [-0.2, 0) is 33.0 Å². The SMILES string of the molecule is CC(C)(C)c1ccc(I(OS(=O)(=O)C=C(COC(=O)C23CC4CC(CC(C4)C2)C3)S(F)(F)(F)(F)F)c2ccc(C(C)(C)C)cc2)cc1. The van der Waals surface area contributed by atoms with Crippen LogP contribution in [0.15, 0.2) is 58.8 Å². The van der Waals surface area contributed by atoms with Gasteiger partial charge in [-0.2, -0.15) is 0 Å². The normalized spacial score (nSPS) is 26.8. The van der Waals surface area contributed by atoms with Crippen LogP contribution in [0.2, 0.25) is 0 Å². The number of rotatable bonds is 9. The summed E-state index contributed by atoms with van der Waals surface area (Å²) in [5.74, 6) is -0.198. The number of carbonyl (C=O) groups excluding carboxylic acids is 1. The molecule has 0 saturated heterocycles. The first-order chi connectivity index (χ1) is 21.2. The van der Waals surface area contributed by atoms with E-state index in [-0.39, 0.29) is 28.6 Å². The number of benzene rings is 2. The predicted molar refractivity (Wildman–Crippen MR) is 184 cm³/mol. The molecule has 6 rings (SSSR count). The van der Waals surface area contributed by atoms with Crippen molar-refractivity contribution in [2.45, 2.75) is 90.9 Å². The molecular formula is C34H44F5IO5S2. The Labute approximate surface area is 282 Å². The van der Waals surface area contributed by atoms with Crippen molar-refractivity contribution in [1.82, 2.24) is 0 Å². The van der Waals surface area contributed by atoms with E-state index < -0.39 is 68.9 Å². The molecule has 0 heterocycles. The fourth-order valence-electron chi connectivity index (χ4n) is 7.48. The van der Waals surface area contributed by atoms with Crippen LogP contribution in [0.4, 0.5) is 19.4 Å². The minimum absolute atomic E-state index is 0.231. The Morgan fingerprint density at radius 3 is 1.51 bits per heavy atom. The number of hydrogen-bond donors (Lipinski definition) is 0. The summed E-state index contributed by atoms with van der Waals surface area (Å²) in [6.07, 6.45) is 4.19. The van der Waals surface area contributed by atoms with Crippen LogP contribution in [0.5, 0.6) is 0 Å². The van der Waals surface area contributed by atoms with Gasteiger partial charge in [-0.1, -0.05) is 0 Å². The van der Waals surface area contributed by atoms with Crippen LogP contribution in [0.3, 0.4) is 0 Å². The van der Waals surface area contributed by atoms with Crippen molar-refractivity contribution in [3.8, 4) is 0 Å². The summed E-state index contributed by atoms with van der Waals surface area (Å²) in [6.45, 7) is 10.1. The van der Waals surface area contributed by atoms with E-state index in [9.17, 15) is 32.6 Å². The van der Waals surface area contributed by atoms with Crippen molar-refractivity contribution in [3.05, 3.63) is 77.1 Å². The molecule has 0 spiro atoms. The van der Waals surface area contributed by atoms with Gasteiger partial charge in [0.05, 0.1) is 0 Å². The average molecular weight is 819 g/mol. The average Bonchev–Trinajstić information content (AvgIpc) is 2.91. The van der Waals surface area contributed by atoms with E-state index >= 15 is 0 Å². The second-order valence-corrected chi connectivity index (χ2v) is 24.4. The summed E-state index contributed by atoms with van der Waals surface area (Å²) < 4.78 is 110. The molecule has 47 heavy (non-hydrogen) atoms. The fourth-order valence-corrected chi connectivity index (χ4v) is 15.4. The van der Waals surface area contributed by atoms with Crippen LogP contribution in [0.25, 0.3) is 0 Å². The van der Waals surface area contributed by atoms with E-state index in [2.05, 4.69) is 0 Å². The molecule has 0 atom stereocenters. The third kappa shape index (κ3) is 8.54. The van der Waals surface area contributed by atoms with Gasteiger partial charge in [-0.15, -0.1) is 0 Å². The van der Waals surface area contributed by atoms with Gasteiger partial charge in [-0.25, -0.2) is 0 Å². The van der Waals surface area contributed by atoms with Gasteiger partial charge in [0, 0.05) is 0 Å². The Kier molecular flexibility index (Phi) is 8.88. The van der Waals surface area contributed by atoms with Crippen molar-refractivity contribution in [2.24, 2.45) is 23.2 Å². The molecule has 0 radical (unpaired) electrons. The Bertz CT molecular complexity index is 1570. The summed E-state index contributed by atoms with van der Waals surface area (Å²) in [4.78, 5) is 10.5. The summed E-state index contributed by atoms with van der Waals surface area (Å²) in [5.41, 5.74) is 0.403. The first-order valence-electron chi connectivity index (χ1n) is 15.7. The molecule has 13 heteroatoms. The molecule has 2 aromatic carbocycles. The van der Waals surface area contributed by atoms with E-state index in [1.807, 2.05) is 41.5 Å². The Morgan fingerprint density at radius 1 is 0.787 bits per heavy atom. The number of ether oxygens (including phenoxy) is 1. The molecule has 0 aliphatic heterocycles. The summed E-state index contributed by atoms with van der Waals surface area (Å²) in [7, 11) is -16.0. The minimum atomic E-state index is -10.6. The molecule has 4 aliphatic rings. The first-order valence-corrected chi connectivity index (χ1v) is 22.2. The zero-order valence-corrected chi connectivity index (χ0v) is 31.3. The standard InChI is InChI=1S/C34H44F5IO5S2/c1-32(2,3)26-7-11-28(12-8-26)40(29-13-9-27(10-14-29)33(4,5)6)45-46(42,43)22-30(47(35,36,37,38)39)21-44-31(41)34-18-23-15-24(19-34)17-25(16-23)20-34/h7-14,22-25H,15-21H2,1-6H3. The van der Waals surface area contributed by atoms with E-state index in [4.69, 9.17) is 7.25 Å². The molecule has 264 valence electrons. The Balaban J connectivity index is 1.46. The molecule has 2 aromatic rings. The van der Waals surface area contributed by atoms with Gasteiger partial charge in [0.1, 0.15) is 0 Å². The zero-order chi connectivity index (χ0) is 34.9. The number of carbonyl (C=O) groups is 1. The molecular weight excluding hydrogens is 774 g/mol. The second kappa shape index (κ2) is 11.4. The fraction of sp³-hybridized carbons (Fsp3) is 0.559. The summed E-state index contributed by atoms with van der Waals surface area (Å²) >= 11 is -3.54. The maximum absolute atomic E-state index is 14.4. The van der Waals surface area contributed by atoms with E-state index in [1.54, 1.807) is 48.5 Å². The van der Waals surface area contributed by atoms with Crippen LogP contribution >= 0.6 is 30.5 Å². The molecule has 0 amide bonds. The van der Waals surface area contributed by atoms with Crippen LogP contribution < -0.4 is 0 Å². The number of esters is 1. The molecule has 4 fully saturated rings. The van der Waals surface area contributed by atoms with Gasteiger partial charge in [0.15, 0.2) is 0 Å². The third-order valence-corrected chi connectivity index (χ3v) is 18.1. The van der Waals surface area contributed by atoms with Gasteiger partial charge in [-0.05, 0) is 0 Å². The number of halogens is 6. The second-order valence-electron chi connectivity index (χ2n) is 15.6. The van der Waals surface area contributed by atoms with Crippen molar-refractivity contribution in [2.75, 3.05) is 6.61 Å². The maximum atomic E-state index is 14.4. The molecule has 4 bridgehead atoms. The van der Waals surface area contributed by atoms with Crippen LogP contribution in [0, 0.1) is 30.3 Å². The van der Waals surface area contributed by atoms with E-state index in [0.717, 1.165) is 30.4 Å². The number of hydrogen-bond acceptors (Lipinski definition) is 5. The third-order valence-electron chi connectivity index (χ3n) is 9.56. The Morgan fingerprint density at radius 2 is 1.17 bits per heavy atom. The van der Waals surface area contributed by atoms with Crippen molar-refractivity contribution in [3.63, 3.8) is 0 Å². The molecule has 4 aliphatic carbocycles. The van der Waals surface area contributed by atoms with Crippen molar-refractivity contribution in [1.29, 1.82) is 0 Å². The van der Waals surface area contributed by atoms with Crippen LogP contribution in [-0.4, -0.2) is 21.0 Å². The summed E-state index contributed by atoms with van der Waals surface area (Å²) in [6, 6.07) is 13.8. The molecule has 0 aromatic heterocycles.